The van der Waals surface area contributed by atoms with Crippen LogP contribution in [0.25, 0.3) is 11.0 Å². The first kappa shape index (κ1) is 18.9. The molecule has 2 aromatic carbocycles. The normalized spacial score (nSPS) is 16.3. The lowest BCUT2D eigenvalue weighted by Crippen LogP contribution is -2.20. The van der Waals surface area contributed by atoms with Gasteiger partial charge in [0.05, 0.1) is 12.0 Å². The zero-order valence-corrected chi connectivity index (χ0v) is 16.0. The zero-order chi connectivity index (χ0) is 20.5. The minimum atomic E-state index is -0.586. The van der Waals surface area contributed by atoms with E-state index in [0.717, 1.165) is 12.0 Å². The standard InChI is InChI=1S/C23H21NO5/c1-13-19-9-8-18(26)11-21(19)29-23(28)20(13)12-22(27)24-16-5-2-14(3-6-16)15-4-7-17(25)10-15/h2-3,5-6,8-9,11,15,26H,4,7,10,12H2,1H3,(H,24,27). The highest BCUT2D eigenvalue weighted by Gasteiger charge is 2.23. The fourth-order valence-corrected chi connectivity index (χ4v) is 3.89. The predicted octanol–water partition coefficient (Wildman–Crippen LogP) is 3.82. The van der Waals surface area contributed by atoms with Crippen molar-refractivity contribution in [1.82, 2.24) is 0 Å². The lowest BCUT2D eigenvalue weighted by Gasteiger charge is -2.11. The van der Waals surface area contributed by atoms with Gasteiger partial charge in [0, 0.05) is 30.0 Å². The van der Waals surface area contributed by atoms with E-state index in [4.69, 9.17) is 4.42 Å². The Bertz CT molecular complexity index is 1160. The minimum Gasteiger partial charge on any atom is -0.508 e. The highest BCUT2D eigenvalue weighted by atomic mass is 16.4. The SMILES string of the molecule is Cc1c(CC(=O)Nc2ccc(C3CCC(=O)C3)cc2)c(=O)oc2cc(O)ccc12. The number of nitrogens with one attached hydrogen (secondary N) is 1. The first-order valence-electron chi connectivity index (χ1n) is 9.57. The molecule has 1 heterocycles. The molecule has 148 valence electrons. The van der Waals surface area contributed by atoms with Crippen molar-refractivity contribution in [3.63, 3.8) is 0 Å². The number of fused-ring (bicyclic) bond motifs is 1. The second kappa shape index (κ2) is 7.54. The van der Waals surface area contributed by atoms with Gasteiger partial charge in [0.2, 0.25) is 5.91 Å². The van der Waals surface area contributed by atoms with Crippen molar-refractivity contribution in [2.75, 3.05) is 5.32 Å². The van der Waals surface area contributed by atoms with Gasteiger partial charge in [0.25, 0.3) is 0 Å². The smallest absolute Gasteiger partial charge is 0.340 e. The molecule has 1 fully saturated rings. The highest BCUT2D eigenvalue weighted by Crippen LogP contribution is 2.32. The zero-order valence-electron chi connectivity index (χ0n) is 16.0. The van der Waals surface area contributed by atoms with E-state index in [-0.39, 0.29) is 29.6 Å². The van der Waals surface area contributed by atoms with Gasteiger partial charge >= 0.3 is 5.63 Å². The average molecular weight is 391 g/mol. The number of ketones is 1. The van der Waals surface area contributed by atoms with Gasteiger partial charge in [-0.2, -0.15) is 0 Å². The van der Waals surface area contributed by atoms with Crippen LogP contribution in [0.15, 0.2) is 51.7 Å². The third-order valence-corrected chi connectivity index (χ3v) is 5.52. The molecule has 0 radical (unpaired) electrons. The van der Waals surface area contributed by atoms with Crippen LogP contribution in [0.1, 0.15) is 41.9 Å². The van der Waals surface area contributed by atoms with Gasteiger partial charge in [-0.1, -0.05) is 12.1 Å². The van der Waals surface area contributed by atoms with E-state index < -0.39 is 5.63 Å². The first-order valence-corrected chi connectivity index (χ1v) is 9.57. The summed E-state index contributed by atoms with van der Waals surface area (Å²) in [7, 11) is 0. The van der Waals surface area contributed by atoms with E-state index in [9.17, 15) is 19.5 Å². The van der Waals surface area contributed by atoms with E-state index in [0.29, 0.717) is 40.8 Å². The Labute approximate surface area is 167 Å². The van der Waals surface area contributed by atoms with Crippen molar-refractivity contribution in [2.24, 2.45) is 0 Å². The molecule has 29 heavy (non-hydrogen) atoms. The van der Waals surface area contributed by atoms with E-state index in [1.54, 1.807) is 13.0 Å². The number of phenolic OH excluding ortho intramolecular Hbond substituents is 1. The minimum absolute atomic E-state index is 0.0101. The number of aromatic hydroxyl groups is 1. The summed E-state index contributed by atoms with van der Waals surface area (Å²) in [4.78, 5) is 36.3. The summed E-state index contributed by atoms with van der Waals surface area (Å²) < 4.78 is 5.26. The number of aryl methyl sites for hydroxylation is 1. The van der Waals surface area contributed by atoms with Gasteiger partial charge in [-0.25, -0.2) is 4.79 Å². The van der Waals surface area contributed by atoms with Crippen LogP contribution < -0.4 is 10.9 Å². The number of hydrogen-bond acceptors (Lipinski definition) is 5. The van der Waals surface area contributed by atoms with Crippen LogP contribution in [0.5, 0.6) is 5.75 Å². The summed E-state index contributed by atoms with van der Waals surface area (Å²) in [6.45, 7) is 1.76. The lowest BCUT2D eigenvalue weighted by atomic mass is 9.97. The molecule has 0 saturated heterocycles. The van der Waals surface area contributed by atoms with E-state index in [1.807, 2.05) is 24.3 Å². The van der Waals surface area contributed by atoms with Crippen LogP contribution in [0.3, 0.4) is 0 Å². The maximum atomic E-state index is 12.5. The second-order valence-corrected chi connectivity index (χ2v) is 7.50. The number of benzene rings is 2. The number of rotatable bonds is 4. The Morgan fingerprint density at radius 3 is 2.62 bits per heavy atom. The Morgan fingerprint density at radius 2 is 1.93 bits per heavy atom. The first-order chi connectivity index (χ1) is 13.9. The molecule has 6 heteroatoms. The van der Waals surface area contributed by atoms with E-state index >= 15 is 0 Å². The fraction of sp³-hybridized carbons (Fsp3) is 0.261. The van der Waals surface area contributed by atoms with E-state index in [2.05, 4.69) is 5.32 Å². The predicted molar refractivity (Wildman–Crippen MR) is 109 cm³/mol. The van der Waals surface area contributed by atoms with Gasteiger partial charge in [-0.05, 0) is 54.7 Å². The number of carbonyl (C=O) groups is 2. The molecule has 1 atom stereocenters. The molecule has 1 amide bonds. The molecule has 0 bridgehead atoms. The molecular formula is C23H21NO5. The van der Waals surface area contributed by atoms with Gasteiger partial charge < -0.3 is 14.8 Å². The van der Waals surface area contributed by atoms with Gasteiger partial charge in [-0.15, -0.1) is 0 Å². The molecule has 2 N–H and O–H groups in total. The van der Waals surface area contributed by atoms with Crippen molar-refractivity contribution < 1.29 is 19.1 Å². The van der Waals surface area contributed by atoms with Crippen LogP contribution in [0, 0.1) is 6.92 Å². The third-order valence-electron chi connectivity index (χ3n) is 5.52. The number of amides is 1. The molecule has 0 aliphatic heterocycles. The number of carbonyl (C=O) groups excluding carboxylic acids is 2. The van der Waals surface area contributed by atoms with Crippen LogP contribution >= 0.6 is 0 Å². The molecule has 1 aliphatic carbocycles. The van der Waals surface area contributed by atoms with Crippen molar-refractivity contribution in [3.8, 4) is 5.75 Å². The number of anilines is 1. The molecule has 3 aromatic rings. The molecule has 1 aliphatic rings. The van der Waals surface area contributed by atoms with Crippen LogP contribution in [0.2, 0.25) is 0 Å². The Morgan fingerprint density at radius 1 is 1.17 bits per heavy atom. The summed E-state index contributed by atoms with van der Waals surface area (Å²) in [6, 6.07) is 12.0. The Kier molecular flexibility index (Phi) is 4.92. The van der Waals surface area contributed by atoms with Crippen molar-refractivity contribution in [2.45, 2.75) is 38.5 Å². The number of Topliss-reactive ketones (excluding diaryl/α,β-unsaturated/α-hetero) is 1. The molecule has 6 nitrogen and oxygen atoms in total. The molecule has 1 saturated carbocycles. The molecule has 0 spiro atoms. The number of phenols is 1. The average Bonchev–Trinajstić information content (AvgIpc) is 3.12. The quantitative estimate of drug-likeness (QED) is 0.659. The number of hydrogen-bond donors (Lipinski definition) is 2. The fourth-order valence-electron chi connectivity index (χ4n) is 3.89. The summed E-state index contributed by atoms with van der Waals surface area (Å²) in [5.41, 5.74) is 2.39. The van der Waals surface area contributed by atoms with Gasteiger partial charge in [0.15, 0.2) is 0 Å². The summed E-state index contributed by atoms with van der Waals surface area (Å²) in [6.07, 6.45) is 1.99. The third kappa shape index (κ3) is 3.92. The molecule has 4 rings (SSSR count). The van der Waals surface area contributed by atoms with Crippen molar-refractivity contribution in [3.05, 3.63) is 69.6 Å². The maximum absolute atomic E-state index is 12.5. The monoisotopic (exact) mass is 391 g/mol. The van der Waals surface area contributed by atoms with Gasteiger partial charge in [-0.3, -0.25) is 9.59 Å². The molecular weight excluding hydrogens is 370 g/mol. The van der Waals surface area contributed by atoms with E-state index in [1.165, 1.54) is 12.1 Å². The summed E-state index contributed by atoms with van der Waals surface area (Å²) >= 11 is 0. The molecule has 1 aromatic heterocycles. The molecule has 1 unspecified atom stereocenters. The summed E-state index contributed by atoms with van der Waals surface area (Å²) in [5, 5.41) is 13.0. The van der Waals surface area contributed by atoms with Crippen molar-refractivity contribution in [1.29, 1.82) is 0 Å². The van der Waals surface area contributed by atoms with Crippen LogP contribution in [-0.4, -0.2) is 16.8 Å². The summed E-state index contributed by atoms with van der Waals surface area (Å²) in [5.74, 6) is 0.252. The lowest BCUT2D eigenvalue weighted by molar-refractivity contribution is -0.117. The van der Waals surface area contributed by atoms with Gasteiger partial charge in [0.1, 0.15) is 17.1 Å². The second-order valence-electron chi connectivity index (χ2n) is 7.50. The largest absolute Gasteiger partial charge is 0.508 e. The topological polar surface area (TPSA) is 96.6 Å². The van der Waals surface area contributed by atoms with Crippen molar-refractivity contribution >= 4 is 28.3 Å². The highest BCUT2D eigenvalue weighted by molar-refractivity contribution is 5.93. The van der Waals surface area contributed by atoms with Crippen LogP contribution in [0.4, 0.5) is 5.69 Å². The Hall–Kier alpha value is -3.41. The maximum Gasteiger partial charge on any atom is 0.340 e. The van der Waals surface area contributed by atoms with Crippen LogP contribution in [-0.2, 0) is 16.0 Å². The Balaban J connectivity index is 1.49.